The molecule has 0 amide bonds. The molecular formula is C2H3Cl2S. The maximum Gasteiger partial charge on any atom is 0.205 e. The molecule has 0 unspecified atom stereocenters. The predicted molar refractivity (Wildman–Crippen MR) is 28.5 cm³/mol. The van der Waals surface area contributed by atoms with E-state index in [9.17, 15) is 0 Å². The third-order valence-electron chi connectivity index (χ3n) is 0.154. The second kappa shape index (κ2) is 3.13. The molecule has 0 heterocycles. The van der Waals surface area contributed by atoms with E-state index in [1.165, 1.54) is 11.8 Å². The summed E-state index contributed by atoms with van der Waals surface area (Å²) < 4.78 is 0.366. The first-order valence-electron chi connectivity index (χ1n) is 0.990. The van der Waals surface area contributed by atoms with Crippen LogP contribution in [0.1, 0.15) is 0 Å². The van der Waals surface area contributed by atoms with Crippen molar-refractivity contribution in [3.05, 3.63) is 4.17 Å². The molecule has 0 spiro atoms. The van der Waals surface area contributed by atoms with Crippen LogP contribution in [0.5, 0.6) is 0 Å². The molecule has 0 aromatic rings. The SMILES string of the molecule is CS[C](Cl)Cl. The van der Waals surface area contributed by atoms with E-state index in [0.29, 0.717) is 4.17 Å². The lowest BCUT2D eigenvalue weighted by atomic mass is 11.9. The minimum absolute atomic E-state index is 0.366. The van der Waals surface area contributed by atoms with Gasteiger partial charge in [0.05, 0.1) is 0 Å². The number of rotatable bonds is 1. The maximum atomic E-state index is 5.11. The van der Waals surface area contributed by atoms with Crippen molar-refractivity contribution in [1.29, 1.82) is 0 Å². The highest BCUT2D eigenvalue weighted by molar-refractivity contribution is 8.04. The molecule has 0 aliphatic heterocycles. The molecule has 3 heteroatoms. The van der Waals surface area contributed by atoms with Gasteiger partial charge in [0.1, 0.15) is 0 Å². The Balaban J connectivity index is 2.54. The summed E-state index contributed by atoms with van der Waals surface area (Å²) in [7, 11) is 0. The Kier molecular flexibility index (Phi) is 3.72. The van der Waals surface area contributed by atoms with Crippen molar-refractivity contribution in [3.8, 4) is 0 Å². The van der Waals surface area contributed by atoms with Gasteiger partial charge in [-0.15, -0.1) is 11.8 Å². The Morgan fingerprint density at radius 3 is 1.80 bits per heavy atom. The number of thioether (sulfide) groups is 1. The van der Waals surface area contributed by atoms with E-state index in [2.05, 4.69) is 0 Å². The van der Waals surface area contributed by atoms with Crippen LogP contribution in [0.3, 0.4) is 0 Å². The quantitative estimate of drug-likeness (QED) is 0.524. The zero-order chi connectivity index (χ0) is 4.28. The Bertz CT molecular complexity index is 21.6. The molecule has 0 bridgehead atoms. The van der Waals surface area contributed by atoms with Crippen LogP contribution >= 0.6 is 35.0 Å². The highest BCUT2D eigenvalue weighted by atomic mass is 35.5. The third-order valence-corrected chi connectivity index (χ3v) is 1.39. The Morgan fingerprint density at radius 1 is 1.60 bits per heavy atom. The molecule has 0 N–H and O–H groups in total. The standard InChI is InChI=1S/C2H3Cl2S/c1-5-2(3)4/h1H3. The molecule has 0 aromatic carbocycles. The molecule has 0 nitrogen and oxygen atoms in total. The van der Waals surface area contributed by atoms with E-state index in [-0.39, 0.29) is 0 Å². The molecule has 0 aliphatic carbocycles. The van der Waals surface area contributed by atoms with Crippen LogP contribution < -0.4 is 0 Å². The monoisotopic (exact) mass is 129 g/mol. The molecule has 0 rings (SSSR count). The molecule has 0 atom stereocenters. The zero-order valence-electron chi connectivity index (χ0n) is 2.66. The lowest BCUT2D eigenvalue weighted by Crippen LogP contribution is -1.53. The van der Waals surface area contributed by atoms with Crippen molar-refractivity contribution in [1.82, 2.24) is 0 Å². The van der Waals surface area contributed by atoms with Gasteiger partial charge >= 0.3 is 0 Å². The van der Waals surface area contributed by atoms with Gasteiger partial charge in [0.2, 0.25) is 4.17 Å². The predicted octanol–water partition coefficient (Wildman–Crippen LogP) is 2.27. The van der Waals surface area contributed by atoms with Crippen molar-refractivity contribution in [2.24, 2.45) is 0 Å². The summed E-state index contributed by atoms with van der Waals surface area (Å²) in [5, 5.41) is 0. The highest BCUT2D eigenvalue weighted by Gasteiger charge is 1.89. The summed E-state index contributed by atoms with van der Waals surface area (Å²) in [6.07, 6.45) is 1.81. The van der Waals surface area contributed by atoms with Crippen LogP contribution in [0, 0.1) is 4.17 Å². The Labute approximate surface area is 45.8 Å². The molecule has 5 heavy (non-hydrogen) atoms. The fraction of sp³-hybridized carbons (Fsp3) is 0.500. The molecule has 31 valence electrons. The Hall–Kier alpha value is 0.930. The van der Waals surface area contributed by atoms with Crippen LogP contribution in [0.25, 0.3) is 0 Å². The molecule has 0 fully saturated rings. The van der Waals surface area contributed by atoms with E-state index in [1.807, 2.05) is 6.26 Å². The fourth-order valence-corrected chi connectivity index (χ4v) is 0. The number of hydrogen-bond donors (Lipinski definition) is 0. The number of hydrogen-bond acceptors (Lipinski definition) is 1. The molecule has 0 aliphatic rings. The van der Waals surface area contributed by atoms with E-state index in [0.717, 1.165) is 0 Å². The molecular weight excluding hydrogens is 127 g/mol. The minimum atomic E-state index is 0.366. The van der Waals surface area contributed by atoms with Gasteiger partial charge in [-0.25, -0.2) is 0 Å². The van der Waals surface area contributed by atoms with Crippen LogP contribution in [-0.4, -0.2) is 6.26 Å². The first-order chi connectivity index (χ1) is 2.27. The Morgan fingerprint density at radius 2 is 1.80 bits per heavy atom. The largest absolute Gasteiger partial charge is 0.205 e. The van der Waals surface area contributed by atoms with Crippen molar-refractivity contribution in [2.75, 3.05) is 6.26 Å². The molecule has 0 saturated carbocycles. The zero-order valence-corrected chi connectivity index (χ0v) is 4.99. The lowest BCUT2D eigenvalue weighted by Gasteiger charge is -1.82. The van der Waals surface area contributed by atoms with E-state index < -0.39 is 0 Å². The smallest absolute Gasteiger partial charge is 0.123 e. The number of halogens is 2. The second-order valence-corrected chi connectivity index (χ2v) is 2.64. The van der Waals surface area contributed by atoms with Crippen molar-refractivity contribution >= 4 is 35.0 Å². The van der Waals surface area contributed by atoms with Crippen LogP contribution in [0.2, 0.25) is 0 Å². The van der Waals surface area contributed by atoms with Gasteiger partial charge in [0.25, 0.3) is 0 Å². The average molecular weight is 130 g/mol. The summed E-state index contributed by atoms with van der Waals surface area (Å²) in [4.78, 5) is 0. The van der Waals surface area contributed by atoms with Crippen molar-refractivity contribution in [2.45, 2.75) is 0 Å². The van der Waals surface area contributed by atoms with E-state index in [4.69, 9.17) is 23.2 Å². The highest BCUT2D eigenvalue weighted by Crippen LogP contribution is 2.23. The average Bonchev–Trinajstić information content (AvgIpc) is 1.38. The van der Waals surface area contributed by atoms with Crippen LogP contribution in [0.4, 0.5) is 0 Å². The maximum absolute atomic E-state index is 5.11. The summed E-state index contributed by atoms with van der Waals surface area (Å²) in [5.41, 5.74) is 0. The minimum Gasteiger partial charge on any atom is -0.123 e. The molecule has 0 saturated heterocycles. The first kappa shape index (κ1) is 5.93. The van der Waals surface area contributed by atoms with Crippen LogP contribution in [0.15, 0.2) is 0 Å². The summed E-state index contributed by atoms with van der Waals surface area (Å²) in [5.74, 6) is 0. The fourth-order valence-electron chi connectivity index (χ4n) is 0. The van der Waals surface area contributed by atoms with Crippen molar-refractivity contribution in [3.63, 3.8) is 0 Å². The second-order valence-electron chi connectivity index (χ2n) is 0.430. The molecule has 1 radical (unpaired) electrons. The summed E-state index contributed by atoms with van der Waals surface area (Å²) in [6, 6.07) is 0. The summed E-state index contributed by atoms with van der Waals surface area (Å²) in [6.45, 7) is 0. The van der Waals surface area contributed by atoms with Gasteiger partial charge in [0.15, 0.2) is 0 Å². The van der Waals surface area contributed by atoms with Gasteiger partial charge in [-0.05, 0) is 6.26 Å². The van der Waals surface area contributed by atoms with E-state index >= 15 is 0 Å². The normalized spacial score (nSPS) is 9.60. The topological polar surface area (TPSA) is 0 Å². The lowest BCUT2D eigenvalue weighted by molar-refractivity contribution is 2.33. The van der Waals surface area contributed by atoms with Gasteiger partial charge < -0.3 is 0 Å². The molecule has 0 aromatic heterocycles. The van der Waals surface area contributed by atoms with Gasteiger partial charge in [0, 0.05) is 0 Å². The summed E-state index contributed by atoms with van der Waals surface area (Å²) >= 11 is 11.5. The van der Waals surface area contributed by atoms with Crippen LogP contribution in [-0.2, 0) is 0 Å². The van der Waals surface area contributed by atoms with Gasteiger partial charge in [-0.2, -0.15) is 0 Å². The van der Waals surface area contributed by atoms with E-state index in [1.54, 1.807) is 0 Å². The third kappa shape index (κ3) is 4.93. The van der Waals surface area contributed by atoms with Gasteiger partial charge in [-0.3, -0.25) is 0 Å². The van der Waals surface area contributed by atoms with Gasteiger partial charge in [-0.1, -0.05) is 23.2 Å². The first-order valence-corrected chi connectivity index (χ1v) is 2.97. The van der Waals surface area contributed by atoms with Crippen molar-refractivity contribution < 1.29 is 0 Å².